The fourth-order valence-corrected chi connectivity index (χ4v) is 2.29. The molecule has 8 heteroatoms. The van der Waals surface area contributed by atoms with Gasteiger partial charge in [-0.2, -0.15) is 13.2 Å². The van der Waals surface area contributed by atoms with E-state index in [9.17, 15) is 13.2 Å². The molecule has 0 radical (unpaired) electrons. The van der Waals surface area contributed by atoms with Gasteiger partial charge in [-0.15, -0.1) is 24.0 Å². The fourth-order valence-electron chi connectivity index (χ4n) is 2.29. The Morgan fingerprint density at radius 2 is 2.09 bits per heavy atom. The van der Waals surface area contributed by atoms with Crippen molar-refractivity contribution in [1.82, 2.24) is 5.32 Å². The van der Waals surface area contributed by atoms with E-state index in [2.05, 4.69) is 10.3 Å². The summed E-state index contributed by atoms with van der Waals surface area (Å²) in [5.41, 5.74) is 5.48. The summed E-state index contributed by atoms with van der Waals surface area (Å²) in [6.45, 7) is 1.44. The van der Waals surface area contributed by atoms with Crippen LogP contribution in [-0.2, 0) is 16.3 Å². The molecule has 2 rings (SSSR count). The zero-order valence-corrected chi connectivity index (χ0v) is 15.2. The van der Waals surface area contributed by atoms with Gasteiger partial charge in [0.25, 0.3) is 0 Å². The van der Waals surface area contributed by atoms with Crippen LogP contribution < -0.4 is 11.1 Å². The van der Waals surface area contributed by atoms with Crippen molar-refractivity contribution in [1.29, 1.82) is 0 Å². The number of ether oxygens (including phenoxy) is 1. The average Bonchev–Trinajstić information content (AvgIpc) is 3.26. The lowest BCUT2D eigenvalue weighted by molar-refractivity contribution is -0.137. The first-order valence-electron chi connectivity index (χ1n) is 7.08. The molecule has 0 atom stereocenters. The Hall–Kier alpha value is -1.03. The highest BCUT2D eigenvalue weighted by Gasteiger charge is 2.45. The van der Waals surface area contributed by atoms with Gasteiger partial charge in [-0.25, -0.2) is 0 Å². The van der Waals surface area contributed by atoms with Crippen LogP contribution in [0.25, 0.3) is 0 Å². The molecule has 130 valence electrons. The lowest BCUT2D eigenvalue weighted by Crippen LogP contribution is -2.34. The monoisotopic (exact) mass is 443 g/mol. The van der Waals surface area contributed by atoms with Crippen molar-refractivity contribution < 1.29 is 17.9 Å². The largest absolute Gasteiger partial charge is 0.416 e. The first-order valence-corrected chi connectivity index (χ1v) is 7.08. The van der Waals surface area contributed by atoms with Crippen LogP contribution in [0.4, 0.5) is 13.2 Å². The molecule has 3 N–H and O–H groups in total. The van der Waals surface area contributed by atoms with E-state index in [1.165, 1.54) is 12.1 Å². The topological polar surface area (TPSA) is 59.6 Å². The van der Waals surface area contributed by atoms with Crippen LogP contribution in [0.3, 0.4) is 0 Å². The standard InChI is InChI=1S/C15H20F3N3O.HI/c1-22-8-7-20-13(19)21-10-14(5-6-14)11-3-2-4-12(9-11)15(16,17)18;/h2-4,9H,5-8,10H2,1H3,(H3,19,20,21);1H. The minimum atomic E-state index is -4.32. The zero-order chi connectivity index (χ0) is 16.2. The number of halogens is 4. The second-order valence-electron chi connectivity index (χ2n) is 5.48. The van der Waals surface area contributed by atoms with Crippen molar-refractivity contribution in [2.45, 2.75) is 24.4 Å². The molecule has 1 aromatic rings. The van der Waals surface area contributed by atoms with Gasteiger partial charge in [-0.3, -0.25) is 4.99 Å². The van der Waals surface area contributed by atoms with Gasteiger partial charge in [-0.1, -0.05) is 18.2 Å². The molecule has 0 aromatic heterocycles. The quantitative estimate of drug-likeness (QED) is 0.308. The van der Waals surface area contributed by atoms with Gasteiger partial charge in [0.1, 0.15) is 0 Å². The van der Waals surface area contributed by atoms with E-state index in [4.69, 9.17) is 10.5 Å². The molecule has 0 unspecified atom stereocenters. The number of benzene rings is 1. The third-order valence-corrected chi connectivity index (χ3v) is 3.82. The highest BCUT2D eigenvalue weighted by Crippen LogP contribution is 2.49. The van der Waals surface area contributed by atoms with Gasteiger partial charge in [-0.05, 0) is 24.5 Å². The van der Waals surface area contributed by atoms with Gasteiger partial charge in [0.2, 0.25) is 0 Å². The highest BCUT2D eigenvalue weighted by atomic mass is 127. The molecule has 1 aromatic carbocycles. The Balaban J connectivity index is 0.00000264. The van der Waals surface area contributed by atoms with Gasteiger partial charge in [0, 0.05) is 19.1 Å². The number of nitrogens with two attached hydrogens (primary N) is 1. The van der Waals surface area contributed by atoms with Gasteiger partial charge < -0.3 is 15.8 Å². The van der Waals surface area contributed by atoms with Crippen molar-refractivity contribution in [2.75, 3.05) is 26.8 Å². The molecule has 1 aliphatic rings. The average molecular weight is 443 g/mol. The Morgan fingerprint density at radius 3 is 2.65 bits per heavy atom. The van der Waals surface area contributed by atoms with E-state index in [-0.39, 0.29) is 35.4 Å². The van der Waals surface area contributed by atoms with Crippen molar-refractivity contribution >= 4 is 29.9 Å². The second-order valence-corrected chi connectivity index (χ2v) is 5.48. The van der Waals surface area contributed by atoms with Crippen LogP contribution in [0.15, 0.2) is 29.3 Å². The smallest absolute Gasteiger partial charge is 0.383 e. The number of hydrogen-bond donors (Lipinski definition) is 2. The van der Waals surface area contributed by atoms with Crippen molar-refractivity contribution in [2.24, 2.45) is 10.7 Å². The van der Waals surface area contributed by atoms with Gasteiger partial charge >= 0.3 is 6.18 Å². The van der Waals surface area contributed by atoms with Crippen LogP contribution in [0.1, 0.15) is 24.0 Å². The van der Waals surface area contributed by atoms with Crippen molar-refractivity contribution in [3.8, 4) is 0 Å². The van der Waals surface area contributed by atoms with Gasteiger partial charge in [0.05, 0.1) is 18.7 Å². The second kappa shape index (κ2) is 8.18. The molecule has 23 heavy (non-hydrogen) atoms. The van der Waals surface area contributed by atoms with E-state index in [0.717, 1.165) is 18.9 Å². The molecule has 4 nitrogen and oxygen atoms in total. The van der Waals surface area contributed by atoms with E-state index >= 15 is 0 Å². The Labute approximate surface area is 150 Å². The van der Waals surface area contributed by atoms with Crippen molar-refractivity contribution in [3.05, 3.63) is 35.4 Å². The van der Waals surface area contributed by atoms with Crippen molar-refractivity contribution in [3.63, 3.8) is 0 Å². The number of rotatable bonds is 6. The SMILES string of the molecule is COCCNC(N)=NCC1(c2cccc(C(F)(F)F)c2)CC1.I. The number of methoxy groups -OCH3 is 1. The maximum Gasteiger partial charge on any atom is 0.416 e. The normalized spacial score (nSPS) is 16.6. The molecule has 0 bridgehead atoms. The van der Waals surface area contributed by atoms with E-state index in [1.54, 1.807) is 13.2 Å². The molecule has 0 saturated heterocycles. The zero-order valence-electron chi connectivity index (χ0n) is 12.8. The summed E-state index contributed by atoms with van der Waals surface area (Å²) in [5, 5.41) is 2.89. The number of aliphatic imine (C=N–C) groups is 1. The molecule has 1 saturated carbocycles. The van der Waals surface area contributed by atoms with Crippen LogP contribution in [0, 0.1) is 0 Å². The number of alkyl halides is 3. The Bertz CT molecular complexity index is 545. The first-order chi connectivity index (χ1) is 10.4. The molecule has 0 aliphatic heterocycles. The fraction of sp³-hybridized carbons (Fsp3) is 0.533. The first kappa shape index (κ1) is 20.0. The summed E-state index contributed by atoms with van der Waals surface area (Å²) in [6.07, 6.45) is -2.68. The minimum absolute atomic E-state index is 0. The van der Waals surface area contributed by atoms with Crippen LogP contribution in [0.2, 0.25) is 0 Å². The summed E-state index contributed by atoms with van der Waals surface area (Å²) in [5.74, 6) is 0.287. The third-order valence-electron chi connectivity index (χ3n) is 3.82. The van der Waals surface area contributed by atoms with E-state index in [0.29, 0.717) is 25.3 Å². The van der Waals surface area contributed by atoms with E-state index < -0.39 is 11.7 Å². The predicted molar refractivity (Wildman–Crippen MR) is 94.1 cm³/mol. The maximum absolute atomic E-state index is 12.8. The number of nitrogens with one attached hydrogen (secondary N) is 1. The number of nitrogens with zero attached hydrogens (tertiary/aromatic N) is 1. The predicted octanol–water partition coefficient (Wildman–Crippen LogP) is 2.91. The molecule has 0 heterocycles. The minimum Gasteiger partial charge on any atom is -0.383 e. The molecule has 1 fully saturated rings. The van der Waals surface area contributed by atoms with Crippen LogP contribution in [0.5, 0.6) is 0 Å². The summed E-state index contributed by atoms with van der Waals surface area (Å²) >= 11 is 0. The molecular formula is C15H21F3IN3O. The summed E-state index contributed by atoms with van der Waals surface area (Å²) in [6, 6.07) is 5.48. The summed E-state index contributed by atoms with van der Waals surface area (Å²) in [4.78, 5) is 4.24. The van der Waals surface area contributed by atoms with E-state index in [1.807, 2.05) is 0 Å². The molecule has 1 aliphatic carbocycles. The summed E-state index contributed by atoms with van der Waals surface area (Å²) in [7, 11) is 1.59. The Morgan fingerprint density at radius 1 is 1.39 bits per heavy atom. The lowest BCUT2D eigenvalue weighted by Gasteiger charge is -2.16. The number of guanidine groups is 1. The van der Waals surface area contributed by atoms with Crippen LogP contribution >= 0.6 is 24.0 Å². The number of hydrogen-bond acceptors (Lipinski definition) is 2. The highest BCUT2D eigenvalue weighted by molar-refractivity contribution is 14.0. The molecule has 0 spiro atoms. The maximum atomic E-state index is 12.8. The summed E-state index contributed by atoms with van der Waals surface area (Å²) < 4.78 is 43.3. The van der Waals surface area contributed by atoms with Crippen LogP contribution in [-0.4, -0.2) is 32.8 Å². The molecule has 0 amide bonds. The lowest BCUT2D eigenvalue weighted by atomic mass is 9.94. The van der Waals surface area contributed by atoms with Gasteiger partial charge in [0.15, 0.2) is 5.96 Å². The Kier molecular flexibility index (Phi) is 7.12. The third kappa shape index (κ3) is 5.52. The molecular weight excluding hydrogens is 422 g/mol.